The van der Waals surface area contributed by atoms with Crippen molar-refractivity contribution in [2.24, 2.45) is 0 Å². The second-order valence-electron chi connectivity index (χ2n) is 4.32. The lowest BCUT2D eigenvalue weighted by Crippen LogP contribution is -2.35. The third kappa shape index (κ3) is 4.55. The molecule has 2 rings (SSSR count). The Balaban J connectivity index is 1.47. The van der Waals surface area contributed by atoms with Gasteiger partial charge in [0, 0.05) is 42.1 Å². The van der Waals surface area contributed by atoms with Crippen molar-refractivity contribution < 1.29 is 0 Å². The number of likely N-dealkylation sites (tertiary alicyclic amines) is 1. The van der Waals surface area contributed by atoms with Crippen LogP contribution in [0.25, 0.3) is 0 Å². The fourth-order valence-corrected chi connectivity index (χ4v) is 4.81. The molecule has 0 radical (unpaired) electrons. The molecular weight excluding hydrogens is 224 g/mol. The molecule has 1 unspecified atom stereocenters. The average Bonchev–Trinajstić information content (AvgIpc) is 2.79. The maximum Gasteiger partial charge on any atom is 0.0263 e. The third-order valence-corrected chi connectivity index (χ3v) is 5.91. The number of hydrogen-bond acceptors (Lipinski definition) is 4. The average molecular weight is 246 g/mol. The monoisotopic (exact) mass is 246 g/mol. The van der Waals surface area contributed by atoms with Gasteiger partial charge in [-0.2, -0.15) is 23.5 Å². The van der Waals surface area contributed by atoms with Crippen LogP contribution in [0.2, 0.25) is 0 Å². The molecule has 4 heteroatoms. The maximum atomic E-state index is 3.61. The van der Waals surface area contributed by atoms with Crippen LogP contribution in [0, 0.1) is 0 Å². The van der Waals surface area contributed by atoms with Crippen LogP contribution in [0.4, 0.5) is 0 Å². The van der Waals surface area contributed by atoms with E-state index in [2.05, 4.69) is 33.7 Å². The Hall–Kier alpha value is 0.620. The molecule has 0 aromatic rings. The van der Waals surface area contributed by atoms with Gasteiger partial charge >= 0.3 is 0 Å². The molecule has 0 amide bonds. The molecule has 0 bridgehead atoms. The number of thioether (sulfide) groups is 2. The summed E-state index contributed by atoms with van der Waals surface area (Å²) in [5.74, 6) is 4.06. The van der Waals surface area contributed by atoms with E-state index < -0.39 is 0 Å². The van der Waals surface area contributed by atoms with E-state index in [-0.39, 0.29) is 0 Å². The van der Waals surface area contributed by atoms with E-state index in [0.29, 0.717) is 0 Å². The van der Waals surface area contributed by atoms with Crippen LogP contribution in [0.5, 0.6) is 0 Å². The Morgan fingerprint density at radius 3 is 2.80 bits per heavy atom. The lowest BCUT2D eigenvalue weighted by Gasteiger charge is -2.22. The summed E-state index contributed by atoms with van der Waals surface area (Å²) in [7, 11) is 0. The van der Waals surface area contributed by atoms with Gasteiger partial charge in [-0.15, -0.1) is 0 Å². The molecule has 1 N–H and O–H groups in total. The summed E-state index contributed by atoms with van der Waals surface area (Å²) in [6, 6.07) is 0. The number of rotatable bonds is 5. The second kappa shape index (κ2) is 7.05. The van der Waals surface area contributed by atoms with Gasteiger partial charge in [-0.25, -0.2) is 0 Å². The van der Waals surface area contributed by atoms with Gasteiger partial charge in [-0.3, -0.25) is 0 Å². The fraction of sp³-hybridized carbons (Fsp3) is 1.00. The molecule has 2 aliphatic rings. The smallest absolute Gasteiger partial charge is 0.0263 e. The minimum absolute atomic E-state index is 0.863. The minimum atomic E-state index is 0.863. The first-order chi connectivity index (χ1) is 7.45. The summed E-state index contributed by atoms with van der Waals surface area (Å²) < 4.78 is 0. The highest BCUT2D eigenvalue weighted by Gasteiger charge is 2.14. The zero-order chi connectivity index (χ0) is 10.3. The van der Waals surface area contributed by atoms with Crippen molar-refractivity contribution >= 4 is 23.5 Å². The van der Waals surface area contributed by atoms with Gasteiger partial charge in [0.05, 0.1) is 0 Å². The molecule has 2 fully saturated rings. The largest absolute Gasteiger partial charge is 0.314 e. The van der Waals surface area contributed by atoms with Gasteiger partial charge < -0.3 is 10.2 Å². The van der Waals surface area contributed by atoms with Crippen molar-refractivity contribution in [1.82, 2.24) is 10.2 Å². The van der Waals surface area contributed by atoms with E-state index in [1.165, 1.54) is 62.8 Å². The molecule has 0 aliphatic carbocycles. The molecule has 1 atom stereocenters. The van der Waals surface area contributed by atoms with Crippen molar-refractivity contribution in [3.05, 3.63) is 0 Å². The Labute approximate surface area is 102 Å². The molecule has 0 aromatic carbocycles. The second-order valence-corrected chi connectivity index (χ2v) is 6.88. The molecular formula is C11H22N2S2. The van der Waals surface area contributed by atoms with Crippen molar-refractivity contribution in [2.75, 3.05) is 50.0 Å². The van der Waals surface area contributed by atoms with E-state index in [1.807, 2.05) is 0 Å². The van der Waals surface area contributed by atoms with Crippen LogP contribution in [-0.4, -0.2) is 60.1 Å². The van der Waals surface area contributed by atoms with Gasteiger partial charge in [0.1, 0.15) is 0 Å². The van der Waals surface area contributed by atoms with Crippen molar-refractivity contribution in [1.29, 1.82) is 0 Å². The van der Waals surface area contributed by atoms with E-state index in [4.69, 9.17) is 0 Å². The van der Waals surface area contributed by atoms with Crippen LogP contribution in [-0.2, 0) is 0 Å². The lowest BCUT2D eigenvalue weighted by atomic mass is 10.4. The van der Waals surface area contributed by atoms with Crippen LogP contribution in [0.3, 0.4) is 0 Å². The summed E-state index contributed by atoms with van der Waals surface area (Å²) in [5.41, 5.74) is 0. The highest BCUT2D eigenvalue weighted by Crippen LogP contribution is 2.23. The van der Waals surface area contributed by atoms with E-state index >= 15 is 0 Å². The van der Waals surface area contributed by atoms with E-state index in [1.54, 1.807) is 0 Å². The van der Waals surface area contributed by atoms with Crippen LogP contribution >= 0.6 is 23.5 Å². The number of nitrogens with zero attached hydrogens (tertiary/aromatic N) is 1. The first-order valence-corrected chi connectivity index (χ1v) is 8.28. The van der Waals surface area contributed by atoms with Crippen molar-refractivity contribution in [2.45, 2.75) is 18.1 Å². The molecule has 2 saturated heterocycles. The highest BCUT2D eigenvalue weighted by molar-refractivity contribution is 8.06. The molecule has 0 spiro atoms. The minimum Gasteiger partial charge on any atom is -0.314 e. The van der Waals surface area contributed by atoms with Gasteiger partial charge in [0.25, 0.3) is 0 Å². The molecule has 88 valence electrons. The predicted octanol–water partition coefficient (Wildman–Crippen LogP) is 1.52. The summed E-state index contributed by atoms with van der Waals surface area (Å²) >= 11 is 4.26. The summed E-state index contributed by atoms with van der Waals surface area (Å²) in [6.07, 6.45) is 2.82. The van der Waals surface area contributed by atoms with Crippen LogP contribution in [0.15, 0.2) is 0 Å². The van der Waals surface area contributed by atoms with Gasteiger partial charge in [-0.1, -0.05) is 0 Å². The van der Waals surface area contributed by atoms with Crippen LogP contribution in [0.1, 0.15) is 12.8 Å². The van der Waals surface area contributed by atoms with Crippen molar-refractivity contribution in [3.63, 3.8) is 0 Å². The normalized spacial score (nSPS) is 28.4. The molecule has 15 heavy (non-hydrogen) atoms. The topological polar surface area (TPSA) is 15.3 Å². The summed E-state index contributed by atoms with van der Waals surface area (Å²) in [4.78, 5) is 2.58. The lowest BCUT2D eigenvalue weighted by molar-refractivity contribution is 0.336. The standard InChI is InChI=1S/C11H22N2S2/c1-2-5-13(4-1)6-3-12-9-11-10-14-7-8-15-11/h11-12H,1-10H2. The zero-order valence-corrected chi connectivity index (χ0v) is 11.0. The SMILES string of the molecule is C1CCN(CCNCC2CSCCS2)C1. The van der Waals surface area contributed by atoms with Gasteiger partial charge in [-0.05, 0) is 25.9 Å². The first kappa shape index (κ1) is 12.1. The van der Waals surface area contributed by atoms with Crippen molar-refractivity contribution in [3.8, 4) is 0 Å². The maximum absolute atomic E-state index is 3.61. The Bertz CT molecular complexity index is 166. The van der Waals surface area contributed by atoms with Gasteiger partial charge in [0.15, 0.2) is 0 Å². The summed E-state index contributed by atoms with van der Waals surface area (Å²) in [5, 5.41) is 4.47. The molecule has 2 aliphatic heterocycles. The molecule has 2 heterocycles. The Morgan fingerprint density at radius 1 is 1.20 bits per heavy atom. The quantitative estimate of drug-likeness (QED) is 0.740. The third-order valence-electron chi connectivity index (χ3n) is 3.06. The number of nitrogens with one attached hydrogen (secondary N) is 1. The Kier molecular flexibility index (Phi) is 5.68. The summed E-state index contributed by atoms with van der Waals surface area (Å²) in [6.45, 7) is 6.31. The Morgan fingerprint density at radius 2 is 2.07 bits per heavy atom. The predicted molar refractivity (Wildman–Crippen MR) is 72.1 cm³/mol. The number of hydrogen-bond donors (Lipinski definition) is 1. The van der Waals surface area contributed by atoms with Gasteiger partial charge in [0.2, 0.25) is 0 Å². The molecule has 0 aromatic heterocycles. The van der Waals surface area contributed by atoms with Crippen LogP contribution < -0.4 is 5.32 Å². The highest BCUT2D eigenvalue weighted by atomic mass is 32.2. The van der Waals surface area contributed by atoms with E-state index in [9.17, 15) is 0 Å². The fourth-order valence-electron chi connectivity index (χ4n) is 2.16. The zero-order valence-electron chi connectivity index (χ0n) is 9.41. The molecule has 0 saturated carbocycles. The first-order valence-electron chi connectivity index (χ1n) is 6.07. The van der Waals surface area contributed by atoms with E-state index in [0.717, 1.165) is 5.25 Å². The molecule has 2 nitrogen and oxygen atoms in total.